The molecule has 0 aliphatic carbocycles. The van der Waals surface area contributed by atoms with Crippen LogP contribution in [0, 0.1) is 5.92 Å². The minimum Gasteiger partial charge on any atom is -0.507 e. The Morgan fingerprint density at radius 2 is 1.86 bits per heavy atom. The highest BCUT2D eigenvalue weighted by Crippen LogP contribution is 2.43. The number of aliphatic hydroxyl groups is 1. The molecule has 1 heterocycles. The second-order valence-corrected chi connectivity index (χ2v) is 7.71. The van der Waals surface area contributed by atoms with Crippen molar-refractivity contribution in [2.24, 2.45) is 5.92 Å². The molecule has 0 saturated heterocycles. The number of carbonyl (C=O) groups excluding carboxylic acids is 1. The molecule has 28 heavy (non-hydrogen) atoms. The van der Waals surface area contributed by atoms with E-state index in [9.17, 15) is 24.9 Å². The molecular weight excluding hydrogens is 360 g/mol. The number of hydrogen-bond acceptors (Lipinski definition) is 6. The summed E-state index contributed by atoms with van der Waals surface area (Å²) in [5, 5.41) is 32.1. The largest absolute Gasteiger partial charge is 0.507 e. The van der Waals surface area contributed by atoms with Gasteiger partial charge in [-0.2, -0.15) is 0 Å². The lowest BCUT2D eigenvalue weighted by Crippen LogP contribution is -2.10. The first-order chi connectivity index (χ1) is 13.1. The van der Waals surface area contributed by atoms with Crippen LogP contribution in [0.3, 0.4) is 0 Å². The maximum Gasteiger partial charge on any atom is 0.336 e. The van der Waals surface area contributed by atoms with Gasteiger partial charge in [0.15, 0.2) is 5.78 Å². The third-order valence-corrected chi connectivity index (χ3v) is 4.59. The highest BCUT2D eigenvalue weighted by molar-refractivity contribution is 6.08. The zero-order valence-electron chi connectivity index (χ0n) is 17.0. The number of phenols is 2. The summed E-state index contributed by atoms with van der Waals surface area (Å²) < 4.78 is 5.31. The number of carbonyl (C=O) groups is 1. The summed E-state index contributed by atoms with van der Waals surface area (Å²) in [6.45, 7) is 9.22. The minimum atomic E-state index is -1.02. The summed E-state index contributed by atoms with van der Waals surface area (Å²) >= 11 is 0. The van der Waals surface area contributed by atoms with E-state index in [0.717, 1.165) is 11.6 Å². The molecule has 152 valence electrons. The molecule has 0 aliphatic rings. The van der Waals surface area contributed by atoms with E-state index in [1.165, 1.54) is 0 Å². The molecule has 0 radical (unpaired) electrons. The number of fused-ring (bicyclic) bond motifs is 1. The first-order valence-corrected chi connectivity index (χ1v) is 9.47. The van der Waals surface area contributed by atoms with Crippen LogP contribution in [0.25, 0.3) is 11.0 Å². The number of rotatable bonds is 7. The predicted molar refractivity (Wildman–Crippen MR) is 108 cm³/mol. The van der Waals surface area contributed by atoms with Gasteiger partial charge < -0.3 is 19.7 Å². The minimum absolute atomic E-state index is 0.0106. The molecule has 0 amide bonds. The van der Waals surface area contributed by atoms with E-state index in [0.29, 0.717) is 6.42 Å². The lowest BCUT2D eigenvalue weighted by molar-refractivity contribution is 0.0962. The van der Waals surface area contributed by atoms with Gasteiger partial charge in [0.05, 0.1) is 11.5 Å². The van der Waals surface area contributed by atoms with Gasteiger partial charge >= 0.3 is 5.63 Å². The molecule has 2 aromatic rings. The van der Waals surface area contributed by atoms with Crippen molar-refractivity contribution < 1.29 is 24.5 Å². The van der Waals surface area contributed by atoms with Crippen molar-refractivity contribution in [1.29, 1.82) is 0 Å². The SMILES string of the molecule is CC[C@H](O)c1cc(=O)oc2c(CC=C(C)C)c(O)c(C(=O)CC(C)C)c(O)c12. The van der Waals surface area contributed by atoms with Crippen LogP contribution >= 0.6 is 0 Å². The molecule has 1 aromatic heterocycles. The third kappa shape index (κ3) is 4.28. The number of benzene rings is 1. The molecule has 1 aromatic carbocycles. The smallest absolute Gasteiger partial charge is 0.336 e. The van der Waals surface area contributed by atoms with Crippen molar-refractivity contribution in [3.63, 3.8) is 0 Å². The summed E-state index contributed by atoms with van der Waals surface area (Å²) in [7, 11) is 0. The first-order valence-electron chi connectivity index (χ1n) is 9.47. The Kier molecular flexibility index (Phi) is 6.67. The van der Waals surface area contributed by atoms with Crippen molar-refractivity contribution in [2.45, 2.75) is 60.0 Å². The molecule has 0 aliphatic heterocycles. The van der Waals surface area contributed by atoms with Gasteiger partial charge in [-0.25, -0.2) is 4.79 Å². The van der Waals surface area contributed by atoms with Gasteiger partial charge in [-0.05, 0) is 32.6 Å². The van der Waals surface area contributed by atoms with Gasteiger partial charge in [0.25, 0.3) is 0 Å². The van der Waals surface area contributed by atoms with E-state index in [1.54, 1.807) is 6.92 Å². The van der Waals surface area contributed by atoms with Crippen LogP contribution in [0.4, 0.5) is 0 Å². The molecule has 6 nitrogen and oxygen atoms in total. The number of aliphatic hydroxyl groups excluding tert-OH is 1. The molecule has 0 unspecified atom stereocenters. The zero-order chi connectivity index (χ0) is 21.2. The quantitative estimate of drug-likeness (QED) is 0.369. The number of ketones is 1. The van der Waals surface area contributed by atoms with Crippen molar-refractivity contribution in [3.8, 4) is 11.5 Å². The van der Waals surface area contributed by atoms with Crippen molar-refractivity contribution in [1.82, 2.24) is 0 Å². The second kappa shape index (κ2) is 8.61. The van der Waals surface area contributed by atoms with Crippen LogP contribution < -0.4 is 5.63 Å². The normalized spacial score (nSPS) is 12.4. The molecule has 1 atom stereocenters. The average molecular weight is 388 g/mol. The van der Waals surface area contributed by atoms with E-state index in [-0.39, 0.29) is 52.2 Å². The summed E-state index contributed by atoms with van der Waals surface area (Å²) in [4.78, 5) is 24.8. The Morgan fingerprint density at radius 1 is 1.21 bits per heavy atom. The Hall–Kier alpha value is -2.60. The first kappa shape index (κ1) is 21.7. The Balaban J connectivity index is 2.98. The number of aromatic hydroxyl groups is 2. The number of allylic oxidation sites excluding steroid dienone is 2. The summed E-state index contributed by atoms with van der Waals surface area (Å²) in [6.07, 6.45) is 1.45. The molecular formula is C22H28O6. The average Bonchev–Trinajstić information content (AvgIpc) is 2.59. The topological polar surface area (TPSA) is 108 Å². The Bertz CT molecular complexity index is 977. The van der Waals surface area contributed by atoms with Crippen LogP contribution in [-0.4, -0.2) is 21.1 Å². The third-order valence-electron chi connectivity index (χ3n) is 4.59. The van der Waals surface area contributed by atoms with Crippen LogP contribution in [0.5, 0.6) is 11.5 Å². The van der Waals surface area contributed by atoms with Gasteiger partial charge in [0.2, 0.25) is 0 Å². The van der Waals surface area contributed by atoms with Crippen LogP contribution in [-0.2, 0) is 6.42 Å². The molecule has 0 saturated carbocycles. The molecule has 0 bridgehead atoms. The molecule has 0 fully saturated rings. The Labute approximate surface area is 164 Å². The maximum atomic E-state index is 12.8. The zero-order valence-corrected chi connectivity index (χ0v) is 17.0. The van der Waals surface area contributed by atoms with Crippen molar-refractivity contribution >= 4 is 16.8 Å². The Morgan fingerprint density at radius 3 is 2.39 bits per heavy atom. The number of hydrogen-bond donors (Lipinski definition) is 3. The van der Waals surface area contributed by atoms with Crippen LogP contribution in [0.1, 0.15) is 75.0 Å². The molecule has 2 rings (SSSR count). The van der Waals surface area contributed by atoms with Gasteiger partial charge in [-0.1, -0.05) is 32.4 Å². The highest BCUT2D eigenvalue weighted by atomic mass is 16.4. The molecule has 3 N–H and O–H groups in total. The monoisotopic (exact) mass is 388 g/mol. The van der Waals surface area contributed by atoms with Crippen molar-refractivity contribution in [2.75, 3.05) is 0 Å². The lowest BCUT2D eigenvalue weighted by Gasteiger charge is -2.18. The highest BCUT2D eigenvalue weighted by Gasteiger charge is 2.28. The van der Waals surface area contributed by atoms with E-state index in [1.807, 2.05) is 33.8 Å². The van der Waals surface area contributed by atoms with Crippen LogP contribution in [0.2, 0.25) is 0 Å². The maximum absolute atomic E-state index is 12.8. The standard InChI is InChI=1S/C22H28O6/c1-6-15(23)14-10-17(25)28-22-13(8-7-11(2)3)20(26)19(21(27)18(14)22)16(24)9-12(4)5/h7,10,12,15,23,26-27H,6,8-9H2,1-5H3/t15-/m0/s1. The number of phenolic OH excluding ortho intramolecular Hbond substituents is 2. The molecule has 6 heteroatoms. The fourth-order valence-electron chi connectivity index (χ4n) is 3.18. The van der Waals surface area contributed by atoms with E-state index >= 15 is 0 Å². The lowest BCUT2D eigenvalue weighted by atomic mass is 9.91. The fourth-order valence-corrected chi connectivity index (χ4v) is 3.18. The molecule has 0 spiro atoms. The van der Waals surface area contributed by atoms with E-state index in [2.05, 4.69) is 0 Å². The van der Waals surface area contributed by atoms with Gasteiger partial charge in [0, 0.05) is 23.6 Å². The number of Topliss-reactive ketones (excluding diaryl/α,β-unsaturated/α-hetero) is 1. The van der Waals surface area contributed by atoms with E-state index < -0.39 is 23.3 Å². The summed E-state index contributed by atoms with van der Waals surface area (Å²) in [5.41, 5.74) is 0.489. The van der Waals surface area contributed by atoms with Gasteiger partial charge in [0.1, 0.15) is 22.6 Å². The predicted octanol–water partition coefficient (Wildman–Crippen LogP) is 4.39. The second-order valence-electron chi connectivity index (χ2n) is 7.71. The summed E-state index contributed by atoms with van der Waals surface area (Å²) in [6, 6.07) is 1.12. The van der Waals surface area contributed by atoms with E-state index in [4.69, 9.17) is 4.42 Å². The van der Waals surface area contributed by atoms with Gasteiger partial charge in [-0.15, -0.1) is 0 Å². The van der Waals surface area contributed by atoms with Crippen LogP contribution in [0.15, 0.2) is 26.9 Å². The fraction of sp³-hybridized carbons (Fsp3) is 0.455. The van der Waals surface area contributed by atoms with Gasteiger partial charge in [-0.3, -0.25) is 4.79 Å². The summed E-state index contributed by atoms with van der Waals surface area (Å²) in [5.74, 6) is -1.24. The van der Waals surface area contributed by atoms with Crippen molar-refractivity contribution in [3.05, 3.63) is 44.8 Å².